The first-order chi connectivity index (χ1) is 12.6. The van der Waals surface area contributed by atoms with Gasteiger partial charge in [-0.3, -0.25) is 0 Å². The molecule has 1 aliphatic carbocycles. The predicted molar refractivity (Wildman–Crippen MR) is 117 cm³/mol. The first-order valence-electron chi connectivity index (χ1n) is 9.89. The highest BCUT2D eigenvalue weighted by Crippen LogP contribution is 2.51. The topological polar surface area (TPSA) is 0 Å². The molecule has 4 rings (SSSR count). The summed E-state index contributed by atoms with van der Waals surface area (Å²) in [5.41, 5.74) is 9.69. The summed E-state index contributed by atoms with van der Waals surface area (Å²) in [7, 11) is 0. The van der Waals surface area contributed by atoms with E-state index < -0.39 is 0 Å². The summed E-state index contributed by atoms with van der Waals surface area (Å²) in [6.45, 7) is 14.8. The minimum atomic E-state index is 0.0760. The van der Waals surface area contributed by atoms with E-state index in [1.807, 2.05) is 27.7 Å². The number of fused-ring (bicyclic) bond motifs is 3. The second-order valence-corrected chi connectivity index (χ2v) is 6.76. The van der Waals surface area contributed by atoms with Gasteiger partial charge in [0.1, 0.15) is 0 Å². The van der Waals surface area contributed by atoms with Crippen molar-refractivity contribution in [2.75, 3.05) is 0 Å². The maximum absolute atomic E-state index is 2.33. The van der Waals surface area contributed by atoms with Crippen molar-refractivity contribution in [3.05, 3.63) is 83.4 Å². The van der Waals surface area contributed by atoms with Crippen LogP contribution in [0.1, 0.15) is 58.2 Å². The van der Waals surface area contributed by atoms with E-state index in [0.717, 1.165) is 0 Å². The summed E-state index contributed by atoms with van der Waals surface area (Å²) in [5, 5.41) is 0. The Morgan fingerprint density at radius 2 is 1.12 bits per heavy atom. The van der Waals surface area contributed by atoms with Crippen molar-refractivity contribution < 1.29 is 0 Å². The molecule has 0 amide bonds. The van der Waals surface area contributed by atoms with Gasteiger partial charge in [-0.1, -0.05) is 114 Å². The van der Waals surface area contributed by atoms with E-state index >= 15 is 0 Å². The highest BCUT2D eigenvalue weighted by atomic mass is 14.4. The molecule has 0 heterocycles. The van der Waals surface area contributed by atoms with Gasteiger partial charge in [0.2, 0.25) is 0 Å². The molecule has 3 aromatic rings. The summed E-state index contributed by atoms with van der Waals surface area (Å²) >= 11 is 0. The molecule has 0 saturated heterocycles. The highest BCUT2D eigenvalue weighted by molar-refractivity contribution is 5.92. The zero-order chi connectivity index (χ0) is 19.3. The second kappa shape index (κ2) is 8.36. The Morgan fingerprint density at radius 1 is 0.577 bits per heavy atom. The zero-order valence-corrected chi connectivity index (χ0v) is 17.4. The van der Waals surface area contributed by atoms with Gasteiger partial charge in [0, 0.05) is 5.41 Å². The molecule has 1 aliphatic rings. The Hall–Kier alpha value is -2.34. The first-order valence-corrected chi connectivity index (χ1v) is 9.89. The Balaban J connectivity index is 0.000000570. The van der Waals surface area contributed by atoms with Crippen molar-refractivity contribution in [3.8, 4) is 22.3 Å². The SMILES string of the molecule is CC.CC.Cc1ccc(-c2cccc3c2-c2ccccc2C3(C)C)cc1. The lowest BCUT2D eigenvalue weighted by atomic mass is 9.82. The van der Waals surface area contributed by atoms with Crippen LogP contribution in [0, 0.1) is 6.92 Å². The Morgan fingerprint density at radius 3 is 1.77 bits per heavy atom. The largest absolute Gasteiger partial charge is 0.0683 e. The number of benzene rings is 3. The maximum Gasteiger partial charge on any atom is 0.0159 e. The van der Waals surface area contributed by atoms with Crippen LogP contribution in [-0.4, -0.2) is 0 Å². The second-order valence-electron chi connectivity index (χ2n) is 6.76. The lowest BCUT2D eigenvalue weighted by Crippen LogP contribution is -2.14. The summed E-state index contributed by atoms with van der Waals surface area (Å²) in [6, 6.07) is 24.4. The van der Waals surface area contributed by atoms with Crippen molar-refractivity contribution >= 4 is 0 Å². The highest BCUT2D eigenvalue weighted by Gasteiger charge is 2.36. The lowest BCUT2D eigenvalue weighted by Gasteiger charge is -2.21. The van der Waals surface area contributed by atoms with Crippen LogP contribution in [-0.2, 0) is 5.41 Å². The normalized spacial score (nSPS) is 12.7. The molecule has 0 aliphatic heterocycles. The molecular weight excluding hydrogens is 312 g/mol. The van der Waals surface area contributed by atoms with Crippen LogP contribution in [0.2, 0.25) is 0 Å². The van der Waals surface area contributed by atoms with E-state index in [4.69, 9.17) is 0 Å². The molecule has 0 bridgehead atoms. The molecule has 0 aromatic heterocycles. The Labute approximate surface area is 159 Å². The lowest BCUT2D eigenvalue weighted by molar-refractivity contribution is 0.660. The van der Waals surface area contributed by atoms with Crippen LogP contribution in [0.3, 0.4) is 0 Å². The quantitative estimate of drug-likeness (QED) is 0.419. The van der Waals surface area contributed by atoms with E-state index in [-0.39, 0.29) is 5.41 Å². The molecule has 0 heteroatoms. The average molecular weight is 345 g/mol. The Kier molecular flexibility index (Phi) is 6.42. The predicted octanol–water partition coefficient (Wildman–Crippen LogP) is 8.02. The van der Waals surface area contributed by atoms with E-state index in [1.54, 1.807) is 0 Å². The van der Waals surface area contributed by atoms with Crippen molar-refractivity contribution in [2.24, 2.45) is 0 Å². The number of rotatable bonds is 1. The van der Waals surface area contributed by atoms with Crippen molar-refractivity contribution in [3.63, 3.8) is 0 Å². The molecule has 0 spiro atoms. The van der Waals surface area contributed by atoms with Crippen LogP contribution in [0.25, 0.3) is 22.3 Å². The van der Waals surface area contributed by atoms with E-state index in [0.29, 0.717) is 0 Å². The molecule has 0 atom stereocenters. The minimum Gasteiger partial charge on any atom is -0.0683 e. The fourth-order valence-electron chi connectivity index (χ4n) is 3.73. The van der Waals surface area contributed by atoms with Crippen molar-refractivity contribution in [1.29, 1.82) is 0 Å². The van der Waals surface area contributed by atoms with Gasteiger partial charge < -0.3 is 0 Å². The monoisotopic (exact) mass is 344 g/mol. The van der Waals surface area contributed by atoms with Gasteiger partial charge in [-0.15, -0.1) is 0 Å². The maximum atomic E-state index is 2.33. The molecule has 0 N–H and O–H groups in total. The third-order valence-electron chi connectivity index (χ3n) is 4.97. The fraction of sp³-hybridized carbons (Fsp3) is 0.308. The standard InChI is InChI=1S/C22H20.2C2H6/c1-15-11-13-16(14-12-15)17-8-6-10-20-21(17)18-7-4-5-9-19(18)22(20,2)3;2*1-2/h4-14H,1-3H3;2*1-2H3. The minimum absolute atomic E-state index is 0.0760. The molecule has 26 heavy (non-hydrogen) atoms. The fourth-order valence-corrected chi connectivity index (χ4v) is 3.73. The zero-order valence-electron chi connectivity index (χ0n) is 17.4. The Bertz CT molecular complexity index is 851. The van der Waals surface area contributed by atoms with Gasteiger partial charge in [-0.05, 0) is 40.3 Å². The van der Waals surface area contributed by atoms with Gasteiger partial charge >= 0.3 is 0 Å². The molecule has 0 fully saturated rings. The molecule has 0 unspecified atom stereocenters. The van der Waals surface area contributed by atoms with Gasteiger partial charge in [-0.2, -0.15) is 0 Å². The van der Waals surface area contributed by atoms with Gasteiger partial charge in [0.05, 0.1) is 0 Å². The summed E-state index contributed by atoms with van der Waals surface area (Å²) in [5.74, 6) is 0. The van der Waals surface area contributed by atoms with Crippen LogP contribution >= 0.6 is 0 Å². The average Bonchev–Trinajstić information content (AvgIpc) is 2.94. The summed E-state index contributed by atoms with van der Waals surface area (Å²) < 4.78 is 0. The molecule has 3 aromatic carbocycles. The number of hydrogen-bond acceptors (Lipinski definition) is 0. The van der Waals surface area contributed by atoms with E-state index in [2.05, 4.69) is 87.5 Å². The van der Waals surface area contributed by atoms with E-state index in [9.17, 15) is 0 Å². The van der Waals surface area contributed by atoms with Gasteiger partial charge in [0.25, 0.3) is 0 Å². The molecule has 0 saturated carbocycles. The van der Waals surface area contributed by atoms with Gasteiger partial charge in [0.15, 0.2) is 0 Å². The van der Waals surface area contributed by atoms with Crippen LogP contribution in [0.5, 0.6) is 0 Å². The third kappa shape index (κ3) is 3.33. The molecule has 0 nitrogen and oxygen atoms in total. The van der Waals surface area contributed by atoms with Crippen LogP contribution in [0.15, 0.2) is 66.7 Å². The molecular formula is C26H32. The third-order valence-corrected chi connectivity index (χ3v) is 4.97. The van der Waals surface area contributed by atoms with Crippen LogP contribution in [0.4, 0.5) is 0 Å². The molecule has 136 valence electrons. The number of aryl methyl sites for hydroxylation is 1. The van der Waals surface area contributed by atoms with Crippen molar-refractivity contribution in [2.45, 2.75) is 53.9 Å². The van der Waals surface area contributed by atoms with Gasteiger partial charge in [-0.25, -0.2) is 0 Å². The first kappa shape index (κ1) is 20.0. The number of hydrogen-bond donors (Lipinski definition) is 0. The summed E-state index contributed by atoms with van der Waals surface area (Å²) in [6.07, 6.45) is 0. The smallest absolute Gasteiger partial charge is 0.0159 e. The van der Waals surface area contributed by atoms with Crippen molar-refractivity contribution in [1.82, 2.24) is 0 Å². The van der Waals surface area contributed by atoms with Crippen LogP contribution < -0.4 is 0 Å². The summed E-state index contributed by atoms with van der Waals surface area (Å²) in [4.78, 5) is 0. The molecule has 0 radical (unpaired) electrons. The van der Waals surface area contributed by atoms with E-state index in [1.165, 1.54) is 38.9 Å².